The highest BCUT2D eigenvalue weighted by Crippen LogP contribution is 2.16. The van der Waals surface area contributed by atoms with Crippen LogP contribution in [0.5, 0.6) is 0 Å². The molecule has 2 heterocycles. The number of carbonyl (C=O) groups is 1. The van der Waals surface area contributed by atoms with Gasteiger partial charge in [0.15, 0.2) is 0 Å². The van der Waals surface area contributed by atoms with Crippen LogP contribution in [0.25, 0.3) is 11.3 Å². The number of aromatic nitrogens is 2. The first-order valence-corrected chi connectivity index (χ1v) is 7.41. The zero-order valence-electron chi connectivity index (χ0n) is 12.2. The minimum absolute atomic E-state index is 0.0550. The van der Waals surface area contributed by atoms with Crippen molar-refractivity contribution in [3.05, 3.63) is 42.4 Å². The second-order valence-corrected chi connectivity index (χ2v) is 5.25. The molecule has 0 spiro atoms. The first-order valence-electron chi connectivity index (χ1n) is 7.41. The Morgan fingerprint density at radius 3 is 2.95 bits per heavy atom. The number of H-pyrrole nitrogens is 1. The van der Waals surface area contributed by atoms with Gasteiger partial charge in [-0.3, -0.25) is 0 Å². The Kier molecular flexibility index (Phi) is 4.70. The van der Waals surface area contributed by atoms with Crippen molar-refractivity contribution in [3.63, 3.8) is 0 Å². The number of ether oxygens (including phenoxy) is 2. The van der Waals surface area contributed by atoms with Crippen LogP contribution in [0, 0.1) is 0 Å². The summed E-state index contributed by atoms with van der Waals surface area (Å²) in [5.41, 5.74) is 3.04. The highest BCUT2D eigenvalue weighted by molar-refractivity contribution is 5.67. The molecule has 0 saturated carbocycles. The van der Waals surface area contributed by atoms with Crippen LogP contribution in [0.3, 0.4) is 0 Å². The molecule has 116 valence electrons. The molecule has 22 heavy (non-hydrogen) atoms. The third kappa shape index (κ3) is 3.85. The molecule has 1 aromatic carbocycles. The lowest BCUT2D eigenvalue weighted by atomic mass is 10.1. The van der Waals surface area contributed by atoms with Gasteiger partial charge in [0.1, 0.15) is 6.61 Å². The standard InChI is InChI=1S/C16H19N3O3/c20-16(22-10-14-2-1-7-21-14)18-8-12-3-5-13(6-4-12)15-9-17-11-19-15/h3-6,9,11,14H,1-2,7-8,10H2,(H,17,19)(H,18,20). The van der Waals surface area contributed by atoms with Gasteiger partial charge in [-0.2, -0.15) is 0 Å². The van der Waals surface area contributed by atoms with Crippen molar-refractivity contribution in [2.75, 3.05) is 13.2 Å². The fraction of sp³-hybridized carbons (Fsp3) is 0.375. The second-order valence-electron chi connectivity index (χ2n) is 5.25. The lowest BCUT2D eigenvalue weighted by Gasteiger charge is -2.11. The summed E-state index contributed by atoms with van der Waals surface area (Å²) in [6.07, 6.45) is 5.07. The number of alkyl carbamates (subject to hydrolysis) is 1. The summed E-state index contributed by atoms with van der Waals surface area (Å²) in [6, 6.07) is 7.91. The molecule has 2 N–H and O–H groups in total. The molecule has 0 bridgehead atoms. The SMILES string of the molecule is O=C(NCc1ccc(-c2cnc[nH]2)cc1)OCC1CCCO1. The van der Waals surface area contributed by atoms with E-state index in [4.69, 9.17) is 9.47 Å². The van der Waals surface area contributed by atoms with E-state index in [1.807, 2.05) is 24.3 Å². The number of aromatic amines is 1. The van der Waals surface area contributed by atoms with Gasteiger partial charge in [-0.25, -0.2) is 9.78 Å². The van der Waals surface area contributed by atoms with Crippen molar-refractivity contribution in [3.8, 4) is 11.3 Å². The van der Waals surface area contributed by atoms with Crippen molar-refractivity contribution in [2.24, 2.45) is 0 Å². The fourth-order valence-corrected chi connectivity index (χ4v) is 2.39. The molecule has 1 aliphatic rings. The zero-order chi connectivity index (χ0) is 15.2. The van der Waals surface area contributed by atoms with Gasteiger partial charge in [0.2, 0.25) is 0 Å². The van der Waals surface area contributed by atoms with Crippen LogP contribution in [-0.2, 0) is 16.0 Å². The Bertz CT molecular complexity index is 590. The number of amides is 1. The highest BCUT2D eigenvalue weighted by atomic mass is 16.6. The largest absolute Gasteiger partial charge is 0.447 e. The van der Waals surface area contributed by atoms with Crippen LogP contribution < -0.4 is 5.32 Å². The first-order chi connectivity index (χ1) is 10.8. The van der Waals surface area contributed by atoms with E-state index in [0.29, 0.717) is 13.2 Å². The molecule has 1 unspecified atom stereocenters. The summed E-state index contributed by atoms with van der Waals surface area (Å²) >= 11 is 0. The molecule has 3 rings (SSSR count). The lowest BCUT2D eigenvalue weighted by Crippen LogP contribution is -2.27. The van der Waals surface area contributed by atoms with Gasteiger partial charge in [0, 0.05) is 13.2 Å². The van der Waals surface area contributed by atoms with Crippen molar-refractivity contribution in [2.45, 2.75) is 25.5 Å². The van der Waals surface area contributed by atoms with E-state index in [9.17, 15) is 4.79 Å². The maximum absolute atomic E-state index is 11.6. The van der Waals surface area contributed by atoms with Gasteiger partial charge >= 0.3 is 6.09 Å². The third-order valence-electron chi connectivity index (χ3n) is 3.62. The number of hydrogen-bond donors (Lipinski definition) is 2. The van der Waals surface area contributed by atoms with E-state index in [1.165, 1.54) is 0 Å². The van der Waals surface area contributed by atoms with E-state index < -0.39 is 6.09 Å². The van der Waals surface area contributed by atoms with Crippen molar-refractivity contribution in [1.82, 2.24) is 15.3 Å². The molecule has 1 amide bonds. The van der Waals surface area contributed by atoms with E-state index in [1.54, 1.807) is 12.5 Å². The summed E-state index contributed by atoms with van der Waals surface area (Å²) < 4.78 is 10.5. The van der Waals surface area contributed by atoms with Gasteiger partial charge in [0.05, 0.1) is 24.3 Å². The molecule has 1 aromatic heterocycles. The second kappa shape index (κ2) is 7.09. The average Bonchev–Trinajstić information content (AvgIpc) is 3.24. The van der Waals surface area contributed by atoms with Gasteiger partial charge in [0.25, 0.3) is 0 Å². The molecule has 1 saturated heterocycles. The Hall–Kier alpha value is -2.34. The summed E-state index contributed by atoms with van der Waals surface area (Å²) in [5.74, 6) is 0. The Labute approximate surface area is 128 Å². The van der Waals surface area contributed by atoms with Crippen molar-refractivity contribution in [1.29, 1.82) is 0 Å². The number of hydrogen-bond acceptors (Lipinski definition) is 4. The number of rotatable bonds is 5. The predicted octanol–water partition coefficient (Wildman–Crippen LogP) is 2.48. The zero-order valence-corrected chi connectivity index (χ0v) is 12.2. The maximum Gasteiger partial charge on any atom is 0.407 e. The molecule has 2 aromatic rings. The summed E-state index contributed by atoms with van der Waals surface area (Å²) in [6.45, 7) is 1.52. The maximum atomic E-state index is 11.6. The van der Waals surface area contributed by atoms with Crippen molar-refractivity contribution >= 4 is 6.09 Å². The summed E-state index contributed by atoms with van der Waals surface area (Å²) in [5, 5.41) is 2.74. The summed E-state index contributed by atoms with van der Waals surface area (Å²) in [4.78, 5) is 18.7. The molecule has 6 nitrogen and oxygen atoms in total. The van der Waals surface area contributed by atoms with Crippen LogP contribution in [0.1, 0.15) is 18.4 Å². The first kappa shape index (κ1) is 14.6. The lowest BCUT2D eigenvalue weighted by molar-refractivity contribution is 0.0437. The van der Waals surface area contributed by atoms with Gasteiger partial charge < -0.3 is 19.8 Å². The minimum Gasteiger partial charge on any atom is -0.447 e. The molecule has 6 heteroatoms. The van der Waals surface area contributed by atoms with Gasteiger partial charge in [-0.1, -0.05) is 24.3 Å². The van der Waals surface area contributed by atoms with Gasteiger partial charge in [-0.15, -0.1) is 0 Å². The Balaban J connectivity index is 1.43. The molecule has 0 aliphatic carbocycles. The molecular weight excluding hydrogens is 282 g/mol. The van der Waals surface area contributed by atoms with Crippen LogP contribution in [0.15, 0.2) is 36.8 Å². The minimum atomic E-state index is -0.409. The number of imidazole rings is 1. The monoisotopic (exact) mass is 301 g/mol. The molecular formula is C16H19N3O3. The third-order valence-corrected chi connectivity index (χ3v) is 3.62. The van der Waals surface area contributed by atoms with Gasteiger partial charge in [-0.05, 0) is 24.0 Å². The normalized spacial score (nSPS) is 17.4. The number of nitrogens with zero attached hydrogens (tertiary/aromatic N) is 1. The van der Waals surface area contributed by atoms with Crippen LogP contribution in [0.2, 0.25) is 0 Å². The van der Waals surface area contributed by atoms with Crippen molar-refractivity contribution < 1.29 is 14.3 Å². The fourth-order valence-electron chi connectivity index (χ4n) is 2.39. The van der Waals surface area contributed by atoms with E-state index >= 15 is 0 Å². The van der Waals surface area contributed by atoms with E-state index in [-0.39, 0.29) is 6.10 Å². The van der Waals surface area contributed by atoms with E-state index in [2.05, 4.69) is 15.3 Å². The molecule has 1 atom stereocenters. The summed E-state index contributed by atoms with van der Waals surface area (Å²) in [7, 11) is 0. The Morgan fingerprint density at radius 1 is 1.41 bits per heavy atom. The number of carbonyl (C=O) groups excluding carboxylic acids is 1. The molecule has 0 radical (unpaired) electrons. The molecule has 1 aliphatic heterocycles. The average molecular weight is 301 g/mol. The highest BCUT2D eigenvalue weighted by Gasteiger charge is 2.17. The molecule has 1 fully saturated rings. The van der Waals surface area contributed by atoms with Crippen LogP contribution in [0.4, 0.5) is 4.79 Å². The topological polar surface area (TPSA) is 76.2 Å². The Morgan fingerprint density at radius 2 is 2.27 bits per heavy atom. The van der Waals surface area contributed by atoms with Crippen LogP contribution >= 0.6 is 0 Å². The van der Waals surface area contributed by atoms with E-state index in [0.717, 1.165) is 36.3 Å². The number of nitrogens with one attached hydrogen (secondary N) is 2. The smallest absolute Gasteiger partial charge is 0.407 e. The van der Waals surface area contributed by atoms with Crippen LogP contribution in [-0.4, -0.2) is 35.4 Å². The predicted molar refractivity (Wildman–Crippen MR) is 81.2 cm³/mol. The number of benzene rings is 1. The quantitative estimate of drug-likeness (QED) is 0.889.